The third kappa shape index (κ3) is 3.51. The molecule has 3 aromatic rings. The molecule has 0 atom stereocenters. The minimum absolute atomic E-state index is 0.120. The summed E-state index contributed by atoms with van der Waals surface area (Å²) in [4.78, 5) is 19.2. The van der Waals surface area contributed by atoms with Crippen LogP contribution in [0.25, 0.3) is 11.0 Å². The highest BCUT2D eigenvalue weighted by atomic mass is 16.2. The van der Waals surface area contributed by atoms with E-state index in [1.54, 1.807) is 30.7 Å². The predicted octanol–water partition coefficient (Wildman–Crippen LogP) is 3.62. The lowest BCUT2D eigenvalue weighted by molar-refractivity contribution is 0.0955. The second-order valence-electron chi connectivity index (χ2n) is 6.71. The number of fused-ring (bicyclic) bond motifs is 1. The van der Waals surface area contributed by atoms with E-state index in [4.69, 9.17) is 0 Å². The third-order valence-electron chi connectivity index (χ3n) is 3.84. The van der Waals surface area contributed by atoms with Crippen LogP contribution in [0.15, 0.2) is 53.9 Å². The van der Waals surface area contributed by atoms with Gasteiger partial charge in [0.2, 0.25) is 0 Å². The molecule has 5 nitrogen and oxygen atoms in total. The number of nitrogens with zero attached hydrogens (tertiary/aromatic N) is 2. The highest BCUT2D eigenvalue weighted by molar-refractivity contribution is 5.97. The number of hydrogen-bond acceptors (Lipinski definition) is 3. The highest BCUT2D eigenvalue weighted by Gasteiger charge is 2.12. The Labute approximate surface area is 140 Å². The molecular weight excluding hydrogens is 300 g/mol. The van der Waals surface area contributed by atoms with Crippen LogP contribution in [-0.4, -0.2) is 22.1 Å². The van der Waals surface area contributed by atoms with Crippen molar-refractivity contribution in [2.75, 3.05) is 0 Å². The lowest BCUT2D eigenvalue weighted by Crippen LogP contribution is -2.17. The van der Waals surface area contributed by atoms with E-state index in [1.807, 2.05) is 12.1 Å². The van der Waals surface area contributed by atoms with Gasteiger partial charge in [0.05, 0.1) is 23.6 Å². The third-order valence-corrected chi connectivity index (χ3v) is 3.84. The first-order chi connectivity index (χ1) is 11.4. The Kier molecular flexibility index (Phi) is 4.16. The molecule has 1 heterocycles. The lowest BCUT2D eigenvalue weighted by atomic mass is 9.87. The largest absolute Gasteiger partial charge is 0.345 e. The Balaban J connectivity index is 1.66. The average molecular weight is 320 g/mol. The molecule has 0 radical (unpaired) electrons. The number of benzene rings is 2. The second kappa shape index (κ2) is 6.28. The first-order valence-corrected chi connectivity index (χ1v) is 7.80. The number of aromatic amines is 1. The van der Waals surface area contributed by atoms with Gasteiger partial charge in [0, 0.05) is 5.56 Å². The van der Waals surface area contributed by atoms with Gasteiger partial charge in [-0.3, -0.25) is 4.79 Å². The van der Waals surface area contributed by atoms with Crippen LogP contribution in [-0.2, 0) is 5.41 Å². The van der Waals surface area contributed by atoms with Crippen molar-refractivity contribution in [3.63, 3.8) is 0 Å². The monoisotopic (exact) mass is 320 g/mol. The van der Waals surface area contributed by atoms with Gasteiger partial charge in [0.1, 0.15) is 0 Å². The summed E-state index contributed by atoms with van der Waals surface area (Å²) in [6, 6.07) is 13.4. The van der Waals surface area contributed by atoms with Gasteiger partial charge in [0.15, 0.2) is 0 Å². The SMILES string of the molecule is CC(C)(C)c1ccc(C=NNC(=O)c2ccc3nc[nH]c3c2)cc1. The van der Waals surface area contributed by atoms with E-state index in [1.165, 1.54) is 5.56 Å². The molecule has 1 aromatic heterocycles. The molecule has 0 aliphatic carbocycles. The molecule has 0 saturated carbocycles. The van der Waals surface area contributed by atoms with E-state index in [0.717, 1.165) is 16.6 Å². The fraction of sp³-hybridized carbons (Fsp3) is 0.211. The minimum Gasteiger partial charge on any atom is -0.345 e. The van der Waals surface area contributed by atoms with Gasteiger partial charge in [-0.2, -0.15) is 5.10 Å². The molecule has 24 heavy (non-hydrogen) atoms. The van der Waals surface area contributed by atoms with Crippen molar-refractivity contribution in [1.29, 1.82) is 0 Å². The number of carbonyl (C=O) groups excluding carboxylic acids is 1. The first kappa shape index (κ1) is 15.9. The zero-order valence-corrected chi connectivity index (χ0v) is 14.0. The maximum Gasteiger partial charge on any atom is 0.271 e. The number of hydrazone groups is 1. The summed E-state index contributed by atoms with van der Waals surface area (Å²) in [7, 11) is 0. The van der Waals surface area contributed by atoms with Crippen molar-refractivity contribution in [3.05, 3.63) is 65.5 Å². The summed E-state index contributed by atoms with van der Waals surface area (Å²) in [5.41, 5.74) is 7.05. The summed E-state index contributed by atoms with van der Waals surface area (Å²) >= 11 is 0. The summed E-state index contributed by atoms with van der Waals surface area (Å²) in [5, 5.41) is 4.03. The molecule has 1 amide bonds. The predicted molar refractivity (Wildman–Crippen MR) is 96.3 cm³/mol. The topological polar surface area (TPSA) is 70.1 Å². The van der Waals surface area contributed by atoms with Crippen LogP contribution < -0.4 is 5.43 Å². The molecule has 0 aliphatic rings. The van der Waals surface area contributed by atoms with Crippen molar-refractivity contribution < 1.29 is 4.79 Å². The second-order valence-corrected chi connectivity index (χ2v) is 6.71. The summed E-state index contributed by atoms with van der Waals surface area (Å²) in [5.74, 6) is -0.255. The van der Waals surface area contributed by atoms with Crippen molar-refractivity contribution >= 4 is 23.2 Å². The van der Waals surface area contributed by atoms with Gasteiger partial charge in [0.25, 0.3) is 5.91 Å². The normalized spacial score (nSPS) is 12.0. The van der Waals surface area contributed by atoms with Gasteiger partial charge in [-0.15, -0.1) is 0 Å². The van der Waals surface area contributed by atoms with E-state index in [9.17, 15) is 4.79 Å². The Bertz CT molecular complexity index is 886. The summed E-state index contributed by atoms with van der Waals surface area (Å²) < 4.78 is 0. The lowest BCUT2D eigenvalue weighted by Gasteiger charge is -2.18. The number of aromatic nitrogens is 2. The smallest absolute Gasteiger partial charge is 0.271 e. The molecule has 3 rings (SSSR count). The number of hydrogen-bond donors (Lipinski definition) is 2. The van der Waals surface area contributed by atoms with E-state index in [2.05, 4.69) is 53.4 Å². The highest BCUT2D eigenvalue weighted by Crippen LogP contribution is 2.21. The maximum atomic E-state index is 12.1. The Morgan fingerprint density at radius 2 is 1.92 bits per heavy atom. The Morgan fingerprint density at radius 1 is 1.17 bits per heavy atom. The fourth-order valence-electron chi connectivity index (χ4n) is 2.38. The van der Waals surface area contributed by atoms with Crippen LogP contribution in [0.1, 0.15) is 42.3 Å². The number of H-pyrrole nitrogens is 1. The number of rotatable bonds is 3. The molecule has 2 aromatic carbocycles. The minimum atomic E-state index is -0.255. The van der Waals surface area contributed by atoms with Gasteiger partial charge >= 0.3 is 0 Å². The molecule has 0 unspecified atom stereocenters. The first-order valence-electron chi connectivity index (χ1n) is 7.80. The van der Waals surface area contributed by atoms with Gasteiger partial charge in [-0.05, 0) is 34.7 Å². The summed E-state index contributed by atoms with van der Waals surface area (Å²) in [6.07, 6.45) is 3.24. The van der Waals surface area contributed by atoms with E-state index < -0.39 is 0 Å². The number of amides is 1. The number of imidazole rings is 1. The maximum absolute atomic E-state index is 12.1. The molecule has 0 saturated heterocycles. The zero-order chi connectivity index (χ0) is 17.2. The van der Waals surface area contributed by atoms with E-state index in [-0.39, 0.29) is 11.3 Å². The number of nitrogens with one attached hydrogen (secondary N) is 2. The van der Waals surface area contributed by atoms with Crippen molar-refractivity contribution in [3.8, 4) is 0 Å². The van der Waals surface area contributed by atoms with Crippen molar-refractivity contribution in [2.45, 2.75) is 26.2 Å². The van der Waals surface area contributed by atoms with E-state index >= 15 is 0 Å². The Hall–Kier alpha value is -2.95. The molecule has 0 bridgehead atoms. The molecule has 2 N–H and O–H groups in total. The van der Waals surface area contributed by atoms with Crippen LogP contribution >= 0.6 is 0 Å². The van der Waals surface area contributed by atoms with Crippen LogP contribution in [0.4, 0.5) is 0 Å². The summed E-state index contributed by atoms with van der Waals surface area (Å²) in [6.45, 7) is 6.52. The van der Waals surface area contributed by atoms with Crippen LogP contribution in [0.2, 0.25) is 0 Å². The van der Waals surface area contributed by atoms with Crippen LogP contribution in [0.5, 0.6) is 0 Å². The van der Waals surface area contributed by atoms with Gasteiger partial charge in [-0.1, -0.05) is 45.0 Å². The molecule has 122 valence electrons. The number of carbonyl (C=O) groups is 1. The van der Waals surface area contributed by atoms with Crippen LogP contribution in [0.3, 0.4) is 0 Å². The van der Waals surface area contributed by atoms with Crippen molar-refractivity contribution in [2.24, 2.45) is 5.10 Å². The quantitative estimate of drug-likeness (QED) is 0.571. The standard InChI is InChI=1S/C19H20N4O/c1-19(2,3)15-7-4-13(5-8-15)11-22-23-18(24)14-6-9-16-17(10-14)21-12-20-16/h4-12H,1-3H3,(H,20,21)(H,23,24). The molecule has 0 fully saturated rings. The molecule has 0 spiro atoms. The zero-order valence-electron chi connectivity index (χ0n) is 14.0. The molecular formula is C19H20N4O. The average Bonchev–Trinajstić information content (AvgIpc) is 3.02. The van der Waals surface area contributed by atoms with Gasteiger partial charge in [-0.25, -0.2) is 10.4 Å². The van der Waals surface area contributed by atoms with E-state index in [0.29, 0.717) is 5.56 Å². The fourth-order valence-corrected chi connectivity index (χ4v) is 2.38. The van der Waals surface area contributed by atoms with Crippen LogP contribution in [0, 0.1) is 0 Å². The van der Waals surface area contributed by atoms with Crippen molar-refractivity contribution in [1.82, 2.24) is 15.4 Å². The molecule has 0 aliphatic heterocycles. The molecule has 5 heteroatoms. The van der Waals surface area contributed by atoms with Gasteiger partial charge < -0.3 is 4.98 Å². The Morgan fingerprint density at radius 3 is 2.62 bits per heavy atom.